The van der Waals surface area contributed by atoms with Crippen LogP contribution >= 0.6 is 0 Å². The third kappa shape index (κ3) is 11.6. The second-order valence-electron chi connectivity index (χ2n) is 12.0. The molecule has 0 aromatic heterocycles. The summed E-state index contributed by atoms with van der Waals surface area (Å²) in [4.78, 5) is 23.6. The van der Waals surface area contributed by atoms with E-state index in [0.717, 1.165) is 34.2 Å². The molecular formula is C40H48O10. The fraction of sp³-hybridized carbons (Fsp3) is 0.400. The Morgan fingerprint density at radius 1 is 0.760 bits per heavy atom. The second-order valence-corrected chi connectivity index (χ2v) is 12.0. The van der Waals surface area contributed by atoms with Gasteiger partial charge in [-0.05, 0) is 59.0 Å². The second kappa shape index (κ2) is 20.3. The summed E-state index contributed by atoms with van der Waals surface area (Å²) in [6.07, 6.45) is 4.13. The third-order valence-corrected chi connectivity index (χ3v) is 8.10. The van der Waals surface area contributed by atoms with Gasteiger partial charge in [-0.15, -0.1) is 0 Å². The van der Waals surface area contributed by atoms with E-state index in [1.54, 1.807) is 0 Å². The molecule has 0 spiro atoms. The SMILES string of the molecule is C=C(CO)C(=O)OCCOc1ccc(-c2ccc(-c3ccc(OCCOC(=O)C(=C)COC)cc3)c(C3OCC(CCCCC)CO3)c2)cc1. The van der Waals surface area contributed by atoms with Crippen LogP contribution in [0.3, 0.4) is 0 Å². The van der Waals surface area contributed by atoms with Gasteiger partial charge in [0, 0.05) is 18.6 Å². The van der Waals surface area contributed by atoms with Gasteiger partial charge in [-0.2, -0.15) is 0 Å². The molecule has 1 heterocycles. The maximum absolute atomic E-state index is 11.9. The highest BCUT2D eigenvalue weighted by atomic mass is 16.7. The number of ether oxygens (including phenoxy) is 7. The van der Waals surface area contributed by atoms with Crippen LogP contribution in [0, 0.1) is 5.92 Å². The number of rotatable bonds is 20. The topological polar surface area (TPSA) is 119 Å². The van der Waals surface area contributed by atoms with Gasteiger partial charge in [-0.3, -0.25) is 0 Å². The average molecular weight is 689 g/mol. The van der Waals surface area contributed by atoms with Crippen LogP contribution in [0.2, 0.25) is 0 Å². The number of aliphatic hydroxyl groups excluding tert-OH is 1. The lowest BCUT2D eigenvalue weighted by Gasteiger charge is -2.31. The third-order valence-electron chi connectivity index (χ3n) is 8.10. The first-order chi connectivity index (χ1) is 24.3. The van der Waals surface area contributed by atoms with Crippen molar-refractivity contribution in [1.82, 2.24) is 0 Å². The summed E-state index contributed by atoms with van der Waals surface area (Å²) < 4.78 is 39.3. The first-order valence-corrected chi connectivity index (χ1v) is 17.0. The van der Waals surface area contributed by atoms with Crippen LogP contribution < -0.4 is 9.47 Å². The van der Waals surface area contributed by atoms with Gasteiger partial charge in [0.2, 0.25) is 0 Å². The zero-order valence-electron chi connectivity index (χ0n) is 29.0. The molecule has 1 aliphatic heterocycles. The fourth-order valence-corrected chi connectivity index (χ4v) is 5.34. The van der Waals surface area contributed by atoms with Crippen LogP contribution in [0.4, 0.5) is 0 Å². The molecule has 50 heavy (non-hydrogen) atoms. The Morgan fingerprint density at radius 2 is 1.32 bits per heavy atom. The molecule has 0 saturated carbocycles. The summed E-state index contributed by atoms with van der Waals surface area (Å²) >= 11 is 0. The minimum atomic E-state index is -0.644. The average Bonchev–Trinajstić information content (AvgIpc) is 3.15. The molecule has 1 aliphatic rings. The smallest absolute Gasteiger partial charge is 0.335 e. The van der Waals surface area contributed by atoms with Crippen LogP contribution in [0.15, 0.2) is 91.0 Å². The van der Waals surface area contributed by atoms with Crippen molar-refractivity contribution in [3.8, 4) is 33.8 Å². The number of aliphatic hydroxyl groups is 1. The summed E-state index contributed by atoms with van der Waals surface area (Å²) in [6.45, 7) is 10.8. The standard InChI is InChI=1S/C40H48O10/c1-5-6-7-8-30-26-49-40(50-27-30)37-23-33(31-9-14-34(15-10-31)45-19-21-47-38(42)28(2)24-41)13-18-36(37)32-11-16-35(17-12-32)46-20-22-48-39(43)29(3)25-44-4/h9-18,23,30,40-41H,2-3,5-8,19-22,24-27H2,1,4H3. The summed E-state index contributed by atoms with van der Waals surface area (Å²) in [6, 6.07) is 21.6. The molecular weight excluding hydrogens is 640 g/mol. The molecule has 0 unspecified atom stereocenters. The minimum absolute atomic E-state index is 0.000206. The fourth-order valence-electron chi connectivity index (χ4n) is 5.34. The Balaban J connectivity index is 1.44. The lowest BCUT2D eigenvalue weighted by Crippen LogP contribution is -2.27. The number of hydrogen-bond acceptors (Lipinski definition) is 10. The molecule has 0 bridgehead atoms. The van der Waals surface area contributed by atoms with E-state index in [1.807, 2.05) is 48.5 Å². The molecule has 1 N–H and O–H groups in total. The van der Waals surface area contributed by atoms with Crippen LogP contribution in [-0.4, -0.2) is 77.0 Å². The van der Waals surface area contributed by atoms with E-state index in [9.17, 15) is 9.59 Å². The van der Waals surface area contributed by atoms with E-state index >= 15 is 0 Å². The molecule has 0 atom stereocenters. The van der Waals surface area contributed by atoms with E-state index in [2.05, 4.69) is 38.3 Å². The van der Waals surface area contributed by atoms with Crippen molar-refractivity contribution in [2.75, 3.05) is 60.0 Å². The number of carbonyl (C=O) groups excluding carboxylic acids is 2. The quantitative estimate of drug-likeness (QED) is 0.0767. The van der Waals surface area contributed by atoms with Gasteiger partial charge in [-0.1, -0.05) is 75.7 Å². The highest BCUT2D eigenvalue weighted by molar-refractivity contribution is 5.88. The molecule has 0 aliphatic carbocycles. The first-order valence-electron chi connectivity index (χ1n) is 17.0. The molecule has 10 heteroatoms. The van der Waals surface area contributed by atoms with Crippen molar-refractivity contribution >= 4 is 11.9 Å². The minimum Gasteiger partial charge on any atom is -0.490 e. The zero-order valence-corrected chi connectivity index (χ0v) is 29.0. The maximum Gasteiger partial charge on any atom is 0.335 e. The molecule has 3 aromatic rings. The summed E-state index contributed by atoms with van der Waals surface area (Å²) in [5.74, 6) is 0.506. The van der Waals surface area contributed by atoms with E-state index in [1.165, 1.54) is 26.4 Å². The molecule has 10 nitrogen and oxygen atoms in total. The van der Waals surface area contributed by atoms with Crippen LogP contribution in [-0.2, 0) is 33.3 Å². The Labute approximate surface area is 294 Å². The summed E-state index contributed by atoms with van der Waals surface area (Å²) in [7, 11) is 1.49. The number of benzene rings is 3. The molecule has 1 saturated heterocycles. The number of esters is 2. The van der Waals surface area contributed by atoms with Gasteiger partial charge in [0.1, 0.15) is 37.9 Å². The summed E-state index contributed by atoms with van der Waals surface area (Å²) in [5.41, 5.74) is 5.12. The Kier molecular flexibility index (Phi) is 15.5. The Hall–Kier alpha value is -4.48. The Bertz CT molecular complexity index is 1540. The lowest BCUT2D eigenvalue weighted by atomic mass is 9.94. The molecule has 0 amide bonds. The highest BCUT2D eigenvalue weighted by Gasteiger charge is 2.26. The first kappa shape index (κ1) is 38.3. The predicted molar refractivity (Wildman–Crippen MR) is 190 cm³/mol. The van der Waals surface area contributed by atoms with Crippen molar-refractivity contribution in [1.29, 1.82) is 0 Å². The van der Waals surface area contributed by atoms with Gasteiger partial charge >= 0.3 is 11.9 Å². The molecule has 4 rings (SSSR count). The molecule has 0 radical (unpaired) electrons. The zero-order chi connectivity index (χ0) is 35.7. The molecule has 3 aromatic carbocycles. The van der Waals surface area contributed by atoms with E-state index in [-0.39, 0.29) is 44.2 Å². The number of hydrogen-bond donors (Lipinski definition) is 1. The van der Waals surface area contributed by atoms with Gasteiger partial charge < -0.3 is 38.3 Å². The number of carbonyl (C=O) groups is 2. The van der Waals surface area contributed by atoms with Crippen molar-refractivity contribution in [2.45, 2.75) is 38.9 Å². The number of unbranched alkanes of at least 4 members (excludes halogenated alkanes) is 2. The van der Waals surface area contributed by atoms with Gasteiger partial charge in [0.05, 0.1) is 37.6 Å². The Morgan fingerprint density at radius 3 is 1.88 bits per heavy atom. The highest BCUT2D eigenvalue weighted by Crippen LogP contribution is 2.38. The lowest BCUT2D eigenvalue weighted by molar-refractivity contribution is -0.205. The maximum atomic E-state index is 11.9. The van der Waals surface area contributed by atoms with Crippen molar-refractivity contribution in [3.05, 3.63) is 96.6 Å². The van der Waals surface area contributed by atoms with Crippen LogP contribution in [0.5, 0.6) is 11.5 Å². The van der Waals surface area contributed by atoms with Crippen LogP contribution in [0.25, 0.3) is 22.3 Å². The van der Waals surface area contributed by atoms with Crippen molar-refractivity contribution < 1.29 is 47.9 Å². The summed E-state index contributed by atoms with van der Waals surface area (Å²) in [5, 5.41) is 8.98. The predicted octanol–water partition coefficient (Wildman–Crippen LogP) is 6.86. The van der Waals surface area contributed by atoms with E-state index < -0.39 is 24.8 Å². The van der Waals surface area contributed by atoms with Gasteiger partial charge in [0.25, 0.3) is 0 Å². The van der Waals surface area contributed by atoms with Gasteiger partial charge in [0.15, 0.2) is 6.29 Å². The van der Waals surface area contributed by atoms with Crippen molar-refractivity contribution in [2.24, 2.45) is 5.92 Å². The van der Waals surface area contributed by atoms with Crippen molar-refractivity contribution in [3.63, 3.8) is 0 Å². The monoisotopic (exact) mass is 688 g/mol. The van der Waals surface area contributed by atoms with Gasteiger partial charge in [-0.25, -0.2) is 9.59 Å². The number of methoxy groups -OCH3 is 1. The van der Waals surface area contributed by atoms with E-state index in [0.29, 0.717) is 30.6 Å². The molecule has 268 valence electrons. The van der Waals surface area contributed by atoms with Crippen LogP contribution in [0.1, 0.15) is 44.5 Å². The normalized spacial score (nSPS) is 15.6. The van der Waals surface area contributed by atoms with E-state index in [4.69, 9.17) is 38.3 Å². The molecule has 1 fully saturated rings. The largest absolute Gasteiger partial charge is 0.490 e.